The van der Waals surface area contributed by atoms with Crippen molar-refractivity contribution in [3.63, 3.8) is 0 Å². The highest BCUT2D eigenvalue weighted by Gasteiger charge is 2.36. The van der Waals surface area contributed by atoms with Gasteiger partial charge in [0.2, 0.25) is 0 Å². The van der Waals surface area contributed by atoms with Crippen LogP contribution in [-0.2, 0) is 0 Å². The van der Waals surface area contributed by atoms with Gasteiger partial charge in [-0.3, -0.25) is 4.79 Å². The van der Waals surface area contributed by atoms with E-state index >= 15 is 0 Å². The average molecular weight is 326 g/mol. The van der Waals surface area contributed by atoms with Crippen LogP contribution in [-0.4, -0.2) is 38.2 Å². The summed E-state index contributed by atoms with van der Waals surface area (Å²) in [6.07, 6.45) is 11.1. The number of hydrogen-bond donors (Lipinski definition) is 0. The second kappa shape index (κ2) is 6.19. The Hall–Kier alpha value is -1.91. The van der Waals surface area contributed by atoms with E-state index in [1.165, 1.54) is 25.7 Å². The number of likely N-dealkylation sites (tertiary alicyclic amines) is 1. The van der Waals surface area contributed by atoms with Gasteiger partial charge in [-0.15, -0.1) is 0 Å². The van der Waals surface area contributed by atoms with Gasteiger partial charge in [0.1, 0.15) is 0 Å². The second-order valence-corrected chi connectivity index (χ2v) is 7.57. The second-order valence-electron chi connectivity index (χ2n) is 7.57. The molecule has 1 aliphatic carbocycles. The maximum absolute atomic E-state index is 13.1. The van der Waals surface area contributed by atoms with Crippen LogP contribution in [0.2, 0.25) is 0 Å². The first-order valence-electron chi connectivity index (χ1n) is 9.29. The van der Waals surface area contributed by atoms with Gasteiger partial charge >= 0.3 is 0 Å². The fourth-order valence-corrected chi connectivity index (χ4v) is 4.48. The highest BCUT2D eigenvalue weighted by molar-refractivity contribution is 5.97. The molecular weight excluding hydrogens is 300 g/mol. The Morgan fingerprint density at radius 1 is 1.17 bits per heavy atom. The first-order valence-corrected chi connectivity index (χ1v) is 9.29. The third-order valence-corrected chi connectivity index (χ3v) is 5.67. The molecule has 5 heteroatoms. The molecule has 0 N–H and O–H groups in total. The summed E-state index contributed by atoms with van der Waals surface area (Å²) >= 11 is 0. The van der Waals surface area contributed by atoms with Crippen molar-refractivity contribution in [3.05, 3.63) is 24.0 Å². The van der Waals surface area contributed by atoms with Crippen molar-refractivity contribution in [1.29, 1.82) is 0 Å². The fraction of sp³-hybridized carbons (Fsp3) is 0.632. The molecule has 1 amide bonds. The van der Waals surface area contributed by atoms with Gasteiger partial charge in [-0.2, -0.15) is 5.10 Å². The molecule has 2 aromatic heterocycles. The molecule has 3 heterocycles. The van der Waals surface area contributed by atoms with Gasteiger partial charge in [-0.05, 0) is 51.5 Å². The van der Waals surface area contributed by atoms with E-state index < -0.39 is 0 Å². The summed E-state index contributed by atoms with van der Waals surface area (Å²) in [6.45, 7) is 5.07. The Morgan fingerprint density at radius 2 is 1.96 bits per heavy atom. The van der Waals surface area contributed by atoms with Crippen LogP contribution in [0.25, 0.3) is 11.0 Å². The van der Waals surface area contributed by atoms with Crippen molar-refractivity contribution in [3.8, 4) is 0 Å². The Labute approximate surface area is 143 Å². The molecule has 1 saturated carbocycles. The topological polar surface area (TPSA) is 51.0 Å². The van der Waals surface area contributed by atoms with E-state index in [0.29, 0.717) is 17.5 Å². The van der Waals surface area contributed by atoms with E-state index in [2.05, 4.69) is 28.8 Å². The molecule has 0 bridgehead atoms. The molecule has 5 nitrogen and oxygen atoms in total. The molecule has 4 rings (SSSR count). The Balaban J connectivity index is 1.60. The summed E-state index contributed by atoms with van der Waals surface area (Å²) in [5.41, 5.74) is 1.56. The van der Waals surface area contributed by atoms with Crippen molar-refractivity contribution >= 4 is 16.9 Å². The summed E-state index contributed by atoms with van der Waals surface area (Å²) in [5.74, 6) is 0.855. The predicted molar refractivity (Wildman–Crippen MR) is 93.9 cm³/mol. The number of amides is 1. The summed E-state index contributed by atoms with van der Waals surface area (Å²) in [6, 6.07) is 2.66. The highest BCUT2D eigenvalue weighted by Crippen LogP contribution is 2.36. The van der Waals surface area contributed by atoms with Crippen LogP contribution in [0.5, 0.6) is 0 Å². The third kappa shape index (κ3) is 2.60. The number of rotatable bonds is 3. The van der Waals surface area contributed by atoms with E-state index in [-0.39, 0.29) is 11.9 Å². The number of carbonyl (C=O) groups is 1. The average Bonchev–Trinajstić information content (AvgIpc) is 3.31. The van der Waals surface area contributed by atoms with Crippen molar-refractivity contribution in [2.24, 2.45) is 5.92 Å². The van der Waals surface area contributed by atoms with Gasteiger partial charge in [0, 0.05) is 30.2 Å². The van der Waals surface area contributed by atoms with E-state index in [9.17, 15) is 4.79 Å². The van der Waals surface area contributed by atoms with Gasteiger partial charge < -0.3 is 4.90 Å². The van der Waals surface area contributed by atoms with Crippen LogP contribution in [0.1, 0.15) is 68.8 Å². The minimum atomic E-state index is 0.149. The molecule has 0 unspecified atom stereocenters. The lowest BCUT2D eigenvalue weighted by Crippen LogP contribution is -2.39. The van der Waals surface area contributed by atoms with Crippen molar-refractivity contribution in [2.45, 2.75) is 64.5 Å². The summed E-state index contributed by atoms with van der Waals surface area (Å²) < 4.78 is 1.90. The molecule has 1 aliphatic heterocycles. The molecule has 24 heavy (non-hydrogen) atoms. The van der Waals surface area contributed by atoms with Gasteiger partial charge in [-0.1, -0.05) is 12.8 Å². The summed E-state index contributed by atoms with van der Waals surface area (Å²) in [7, 11) is 0. The lowest BCUT2D eigenvalue weighted by atomic mass is 9.95. The smallest absolute Gasteiger partial charge is 0.255 e. The standard InChI is InChI=1S/C19H26N4O/c1-13(2)23-18-15(12-21-23)10-16(11-20-18)19(24)22-9-5-8-17(22)14-6-3-4-7-14/h10-14,17H,3-9H2,1-2H3/t17-/m1/s1. The lowest BCUT2D eigenvalue weighted by molar-refractivity contribution is 0.0689. The zero-order valence-corrected chi connectivity index (χ0v) is 14.6. The predicted octanol–water partition coefficient (Wildman–Crippen LogP) is 3.81. The van der Waals surface area contributed by atoms with Crippen LogP contribution in [0, 0.1) is 5.92 Å². The van der Waals surface area contributed by atoms with Crippen LogP contribution < -0.4 is 0 Å². The van der Waals surface area contributed by atoms with Gasteiger partial charge in [0.15, 0.2) is 5.65 Å². The summed E-state index contributed by atoms with van der Waals surface area (Å²) in [4.78, 5) is 19.7. The molecular formula is C19H26N4O. The first kappa shape index (κ1) is 15.6. The third-order valence-electron chi connectivity index (χ3n) is 5.67. The van der Waals surface area contributed by atoms with Crippen LogP contribution >= 0.6 is 0 Å². The summed E-state index contributed by atoms with van der Waals surface area (Å²) in [5, 5.41) is 5.35. The van der Waals surface area contributed by atoms with E-state index in [0.717, 1.165) is 30.4 Å². The fourth-order valence-electron chi connectivity index (χ4n) is 4.48. The molecule has 1 saturated heterocycles. The van der Waals surface area contributed by atoms with Gasteiger partial charge in [0.05, 0.1) is 11.8 Å². The van der Waals surface area contributed by atoms with E-state index in [1.54, 1.807) is 6.20 Å². The van der Waals surface area contributed by atoms with Gasteiger partial charge in [-0.25, -0.2) is 9.67 Å². The number of nitrogens with zero attached hydrogens (tertiary/aromatic N) is 4. The molecule has 0 aromatic carbocycles. The van der Waals surface area contributed by atoms with E-state index in [1.807, 2.05) is 16.9 Å². The van der Waals surface area contributed by atoms with Crippen molar-refractivity contribution in [2.75, 3.05) is 6.54 Å². The Bertz CT molecular complexity index is 745. The number of fused-ring (bicyclic) bond motifs is 1. The van der Waals surface area contributed by atoms with Crippen LogP contribution in [0.4, 0.5) is 0 Å². The normalized spacial score (nSPS) is 22.1. The molecule has 2 fully saturated rings. The molecule has 0 radical (unpaired) electrons. The Morgan fingerprint density at radius 3 is 2.71 bits per heavy atom. The minimum Gasteiger partial charge on any atom is -0.335 e. The van der Waals surface area contributed by atoms with Crippen molar-refractivity contribution < 1.29 is 4.79 Å². The first-order chi connectivity index (χ1) is 11.6. The molecule has 2 aliphatic rings. The number of pyridine rings is 1. The maximum Gasteiger partial charge on any atom is 0.255 e. The number of carbonyl (C=O) groups excluding carboxylic acids is 1. The SMILES string of the molecule is CC(C)n1ncc2cc(C(=O)N3CCC[C@@H]3C3CCCC3)cnc21. The number of hydrogen-bond acceptors (Lipinski definition) is 3. The zero-order valence-electron chi connectivity index (χ0n) is 14.6. The lowest BCUT2D eigenvalue weighted by Gasteiger charge is -2.29. The molecule has 1 atom stereocenters. The van der Waals surface area contributed by atoms with Crippen LogP contribution in [0.15, 0.2) is 18.5 Å². The number of aromatic nitrogens is 3. The largest absolute Gasteiger partial charge is 0.335 e. The molecule has 128 valence electrons. The van der Waals surface area contributed by atoms with Crippen molar-refractivity contribution in [1.82, 2.24) is 19.7 Å². The molecule has 2 aromatic rings. The quantitative estimate of drug-likeness (QED) is 0.862. The zero-order chi connectivity index (χ0) is 16.7. The van der Waals surface area contributed by atoms with Gasteiger partial charge in [0.25, 0.3) is 5.91 Å². The van der Waals surface area contributed by atoms with E-state index in [4.69, 9.17) is 0 Å². The minimum absolute atomic E-state index is 0.149. The Kier molecular flexibility index (Phi) is 4.02. The van der Waals surface area contributed by atoms with Crippen LogP contribution in [0.3, 0.4) is 0 Å². The highest BCUT2D eigenvalue weighted by atomic mass is 16.2. The monoisotopic (exact) mass is 326 g/mol. The molecule has 0 spiro atoms. The maximum atomic E-state index is 13.1.